The number of para-hydroxylation sites is 6. The Morgan fingerprint density at radius 3 is 1.10 bits per heavy atom. The molecular formula is C54H38N4. The zero-order chi connectivity index (χ0) is 39.3. The first-order valence-corrected chi connectivity index (χ1v) is 19.7. The number of anilines is 6. The lowest BCUT2D eigenvalue weighted by Gasteiger charge is -2.29. The van der Waals surface area contributed by atoms with Gasteiger partial charge in [0.05, 0.1) is 23.4 Å². The Labute approximate surface area is 338 Å². The van der Waals surface area contributed by atoms with E-state index in [4.69, 9.17) is 0 Å². The molecule has 11 aromatic rings. The van der Waals surface area contributed by atoms with Crippen molar-refractivity contribution in [3.8, 4) is 11.4 Å². The van der Waals surface area contributed by atoms with E-state index in [-0.39, 0.29) is 0 Å². The van der Waals surface area contributed by atoms with E-state index >= 15 is 0 Å². The molecule has 11 rings (SSSR count). The lowest BCUT2D eigenvalue weighted by molar-refractivity contribution is 1.17. The number of fused-ring (bicyclic) bond motifs is 6. The van der Waals surface area contributed by atoms with E-state index in [1.807, 2.05) is 12.1 Å². The maximum absolute atomic E-state index is 10.1. The summed E-state index contributed by atoms with van der Waals surface area (Å²) in [5.74, 6) is 0. The minimum Gasteiger partial charge on any atom is -0.310 e. The number of nitrogens with zero attached hydrogens (tertiary/aromatic N) is 4. The number of rotatable bonds is 8. The molecule has 0 aliphatic rings. The molecule has 0 unspecified atom stereocenters. The van der Waals surface area contributed by atoms with Gasteiger partial charge in [0.15, 0.2) is 0 Å². The van der Waals surface area contributed by atoms with Crippen LogP contribution in [-0.4, -0.2) is 9.13 Å². The SMILES string of the molecule is [2H]c1c(N(c2ccccc2)c2ccc(-n3c4ccccc4c4ccccc43)cc2)cccc1N(c1ccccc1)c1cccc(-n2c3ccccc3c3ccccc32)c1. The monoisotopic (exact) mass is 743 g/mol. The Balaban J connectivity index is 1.05. The van der Waals surface area contributed by atoms with E-state index in [0.29, 0.717) is 6.04 Å². The van der Waals surface area contributed by atoms with Crippen molar-refractivity contribution in [3.63, 3.8) is 0 Å². The van der Waals surface area contributed by atoms with E-state index in [1.54, 1.807) is 0 Å². The fraction of sp³-hybridized carbons (Fsp3) is 0. The third-order valence-electron chi connectivity index (χ3n) is 11.1. The van der Waals surface area contributed by atoms with E-state index in [2.05, 4.69) is 231 Å². The quantitative estimate of drug-likeness (QED) is 0.154. The van der Waals surface area contributed by atoms with E-state index in [9.17, 15) is 1.37 Å². The summed E-state index contributed by atoms with van der Waals surface area (Å²) >= 11 is 0. The predicted octanol–water partition coefficient (Wildman–Crippen LogP) is 14.8. The maximum Gasteiger partial charge on any atom is 0.0667 e. The van der Waals surface area contributed by atoms with Crippen LogP contribution in [0.15, 0.2) is 230 Å². The standard InChI is InChI=1S/C54H38N4/c1-3-17-39(18-4-1)55(41-33-35-42(36-34-41)57-51-29-11-7-25-47(51)48-26-8-12-30-52(48)57)43-21-15-22-44(37-43)56(40-19-5-2-6-20-40)45-23-16-24-46(38-45)58-53-31-13-9-27-49(53)50-28-10-14-32-54(50)58/h1-38H/i37D. The van der Waals surface area contributed by atoms with Crippen LogP contribution in [0.3, 0.4) is 0 Å². The highest BCUT2D eigenvalue weighted by Gasteiger charge is 2.19. The van der Waals surface area contributed by atoms with Gasteiger partial charge in [-0.2, -0.15) is 0 Å². The molecule has 4 heteroatoms. The molecule has 0 bridgehead atoms. The van der Waals surface area contributed by atoms with Crippen molar-refractivity contribution in [2.75, 3.05) is 9.80 Å². The minimum atomic E-state index is 0.411. The lowest BCUT2D eigenvalue weighted by Crippen LogP contribution is -2.13. The summed E-state index contributed by atoms with van der Waals surface area (Å²) in [6.07, 6.45) is 0. The van der Waals surface area contributed by atoms with Crippen LogP contribution in [0, 0.1) is 0 Å². The highest BCUT2D eigenvalue weighted by molar-refractivity contribution is 6.10. The van der Waals surface area contributed by atoms with Crippen molar-refractivity contribution in [2.45, 2.75) is 0 Å². The molecule has 0 aliphatic heterocycles. The molecule has 0 spiro atoms. The molecule has 0 atom stereocenters. The molecule has 0 aliphatic carbocycles. The Bertz CT molecular complexity index is 3190. The summed E-state index contributed by atoms with van der Waals surface area (Å²) in [5, 5.41) is 4.91. The average molecular weight is 744 g/mol. The summed E-state index contributed by atoms with van der Waals surface area (Å²) in [4.78, 5) is 4.40. The molecule has 4 nitrogen and oxygen atoms in total. The molecule has 0 amide bonds. The van der Waals surface area contributed by atoms with E-state index < -0.39 is 0 Å². The molecular weight excluding hydrogens is 705 g/mol. The van der Waals surface area contributed by atoms with E-state index in [0.717, 1.165) is 56.5 Å². The Hall–Kier alpha value is -7.82. The predicted molar refractivity (Wildman–Crippen MR) is 244 cm³/mol. The van der Waals surface area contributed by atoms with Gasteiger partial charge in [-0.3, -0.25) is 0 Å². The van der Waals surface area contributed by atoms with Crippen molar-refractivity contribution in [1.29, 1.82) is 0 Å². The first-order valence-electron chi connectivity index (χ1n) is 20.2. The second kappa shape index (κ2) is 14.0. The van der Waals surface area contributed by atoms with Crippen LogP contribution in [0.5, 0.6) is 0 Å². The van der Waals surface area contributed by atoms with Crippen LogP contribution in [0.4, 0.5) is 34.1 Å². The van der Waals surface area contributed by atoms with Gasteiger partial charge in [-0.1, -0.05) is 121 Å². The lowest BCUT2D eigenvalue weighted by atomic mass is 10.1. The van der Waals surface area contributed by atoms with E-state index in [1.165, 1.54) is 32.6 Å². The molecule has 0 saturated heterocycles. The first-order chi connectivity index (χ1) is 29.2. The molecule has 9 aromatic carbocycles. The summed E-state index contributed by atoms with van der Waals surface area (Å²) < 4.78 is 14.7. The van der Waals surface area contributed by atoms with Crippen molar-refractivity contribution in [3.05, 3.63) is 230 Å². The van der Waals surface area contributed by atoms with Crippen molar-refractivity contribution >= 4 is 77.7 Å². The fourth-order valence-corrected chi connectivity index (χ4v) is 8.64. The third-order valence-corrected chi connectivity index (χ3v) is 11.1. The van der Waals surface area contributed by atoms with Gasteiger partial charge in [0.1, 0.15) is 0 Å². The second-order valence-electron chi connectivity index (χ2n) is 14.5. The van der Waals surface area contributed by atoms with Crippen LogP contribution in [0.1, 0.15) is 1.37 Å². The molecule has 0 N–H and O–H groups in total. The number of aromatic nitrogens is 2. The highest BCUT2D eigenvalue weighted by atomic mass is 15.2. The van der Waals surface area contributed by atoms with Crippen LogP contribution in [-0.2, 0) is 0 Å². The smallest absolute Gasteiger partial charge is 0.0667 e. The van der Waals surface area contributed by atoms with Gasteiger partial charge in [-0.25, -0.2) is 0 Å². The first kappa shape index (κ1) is 32.4. The Kier molecular flexibility index (Phi) is 7.85. The zero-order valence-corrected chi connectivity index (χ0v) is 31.7. The summed E-state index contributed by atoms with van der Waals surface area (Å²) in [7, 11) is 0. The van der Waals surface area contributed by atoms with Gasteiger partial charge in [-0.05, 0) is 109 Å². The van der Waals surface area contributed by atoms with Crippen LogP contribution >= 0.6 is 0 Å². The molecule has 0 fully saturated rings. The summed E-state index contributed by atoms with van der Waals surface area (Å²) in [6, 6.07) is 79.1. The molecule has 274 valence electrons. The Morgan fingerprint density at radius 2 is 0.621 bits per heavy atom. The molecule has 2 heterocycles. The minimum absolute atomic E-state index is 0.411. The van der Waals surface area contributed by atoms with Gasteiger partial charge in [0.25, 0.3) is 0 Å². The van der Waals surface area contributed by atoms with Gasteiger partial charge in [0.2, 0.25) is 0 Å². The Morgan fingerprint density at radius 1 is 0.276 bits per heavy atom. The summed E-state index contributed by atoms with van der Waals surface area (Å²) in [5.41, 5.74) is 12.2. The number of hydrogen-bond acceptors (Lipinski definition) is 2. The highest BCUT2D eigenvalue weighted by Crippen LogP contribution is 2.42. The van der Waals surface area contributed by atoms with Crippen LogP contribution in [0.25, 0.3) is 55.0 Å². The third kappa shape index (κ3) is 5.62. The largest absolute Gasteiger partial charge is 0.310 e. The van der Waals surface area contributed by atoms with Crippen molar-refractivity contribution in [1.82, 2.24) is 9.13 Å². The summed E-state index contributed by atoms with van der Waals surface area (Å²) in [6.45, 7) is 0. The maximum atomic E-state index is 10.1. The molecule has 0 radical (unpaired) electrons. The van der Waals surface area contributed by atoms with Crippen LogP contribution < -0.4 is 9.80 Å². The average Bonchev–Trinajstić information content (AvgIpc) is 3.82. The zero-order valence-electron chi connectivity index (χ0n) is 32.7. The normalized spacial score (nSPS) is 11.7. The van der Waals surface area contributed by atoms with Crippen LogP contribution in [0.2, 0.25) is 0 Å². The number of benzene rings is 9. The van der Waals surface area contributed by atoms with Crippen molar-refractivity contribution < 1.29 is 1.37 Å². The van der Waals surface area contributed by atoms with Gasteiger partial charge >= 0.3 is 0 Å². The molecule has 2 aromatic heterocycles. The topological polar surface area (TPSA) is 16.3 Å². The number of hydrogen-bond donors (Lipinski definition) is 0. The van der Waals surface area contributed by atoms with Crippen molar-refractivity contribution in [2.24, 2.45) is 0 Å². The van der Waals surface area contributed by atoms with Gasteiger partial charge < -0.3 is 18.9 Å². The van der Waals surface area contributed by atoms with Gasteiger partial charge in [-0.15, -0.1) is 0 Å². The molecule has 0 saturated carbocycles. The second-order valence-corrected chi connectivity index (χ2v) is 14.5. The molecule has 58 heavy (non-hydrogen) atoms. The van der Waals surface area contributed by atoms with Gasteiger partial charge in [0, 0.05) is 67.0 Å². The fourth-order valence-electron chi connectivity index (χ4n) is 8.64.